The van der Waals surface area contributed by atoms with Crippen LogP contribution < -0.4 is 0 Å². The van der Waals surface area contributed by atoms with Crippen molar-refractivity contribution in [1.82, 2.24) is 0 Å². The maximum Gasteiger partial charge on any atom is 0.385 e. The molecule has 0 unspecified atom stereocenters. The molecule has 0 bridgehead atoms. The summed E-state index contributed by atoms with van der Waals surface area (Å²) in [7, 11) is 0. The molecule has 0 heterocycles. The maximum absolute atomic E-state index is 14.4. The second-order valence-electron chi connectivity index (χ2n) is 7.34. The highest BCUT2D eigenvalue weighted by atomic mass is 19.4. The number of hydrogen-bond acceptors (Lipinski definition) is 0. The molecule has 0 amide bonds. The summed E-state index contributed by atoms with van der Waals surface area (Å²) in [6.45, 7) is 6.90. The van der Waals surface area contributed by atoms with Crippen LogP contribution in [0, 0.1) is 0 Å². The van der Waals surface area contributed by atoms with Crippen LogP contribution in [0.25, 0.3) is 0 Å². The molecule has 0 aromatic rings. The smallest absolute Gasteiger partial charge is 0.205 e. The molecule has 0 nitrogen and oxygen atoms in total. The van der Waals surface area contributed by atoms with Crippen LogP contribution in [0.15, 0.2) is 36.7 Å². The highest BCUT2D eigenvalue weighted by Crippen LogP contribution is 2.57. The van der Waals surface area contributed by atoms with Crippen LogP contribution in [0.5, 0.6) is 0 Å². The Morgan fingerprint density at radius 3 is 1.50 bits per heavy atom. The van der Waals surface area contributed by atoms with Gasteiger partial charge in [-0.25, -0.2) is 13.2 Å². The van der Waals surface area contributed by atoms with Gasteiger partial charge in [0.2, 0.25) is 0 Å². The summed E-state index contributed by atoms with van der Waals surface area (Å²) in [6.07, 6.45) is -0.319. The second kappa shape index (κ2) is 12.6. The van der Waals surface area contributed by atoms with Gasteiger partial charge in [-0.1, -0.05) is 25.0 Å². The zero-order chi connectivity index (χ0) is 25.2. The quantitative estimate of drug-likeness (QED) is 0.109. The average molecular weight is 488 g/mol. The summed E-state index contributed by atoms with van der Waals surface area (Å²) < 4.78 is 148. The van der Waals surface area contributed by atoms with E-state index >= 15 is 0 Å². The molecule has 188 valence electrons. The van der Waals surface area contributed by atoms with Gasteiger partial charge >= 0.3 is 30.1 Å². The van der Waals surface area contributed by atoms with Crippen molar-refractivity contribution < 1.29 is 48.3 Å². The van der Waals surface area contributed by atoms with Gasteiger partial charge in [-0.2, -0.15) is 35.1 Å². The lowest BCUT2D eigenvalue weighted by atomic mass is 9.92. The highest BCUT2D eigenvalue weighted by molar-refractivity contribution is 5.22. The molecule has 0 saturated carbocycles. The zero-order valence-corrected chi connectivity index (χ0v) is 17.4. The maximum atomic E-state index is 14.4. The molecule has 0 atom stereocenters. The van der Waals surface area contributed by atoms with E-state index in [0.29, 0.717) is 38.5 Å². The first-order valence-corrected chi connectivity index (χ1v) is 10.0. The lowest BCUT2D eigenvalue weighted by molar-refractivity contribution is -0.378. The largest absolute Gasteiger partial charge is 0.385 e. The van der Waals surface area contributed by atoms with Crippen LogP contribution >= 0.6 is 0 Å². The van der Waals surface area contributed by atoms with Crippen molar-refractivity contribution in [2.24, 2.45) is 0 Å². The zero-order valence-electron chi connectivity index (χ0n) is 17.4. The highest BCUT2D eigenvalue weighted by Gasteiger charge is 2.84. The summed E-state index contributed by atoms with van der Waals surface area (Å²) in [6, 6.07) is 0. The standard InChI is InChI=1S/C21H27F11/c1-3-5-7-9-10-12-14-15(13-11-8-6-4-2)16(22)18(25,26)20(29,30)21(31,32)19(27,28)17(23)24/h3-4,17H,1-2,5-14H2. The van der Waals surface area contributed by atoms with E-state index in [1.165, 1.54) is 6.08 Å². The third-order valence-corrected chi connectivity index (χ3v) is 4.84. The Bertz CT molecular complexity index is 621. The van der Waals surface area contributed by atoms with Crippen LogP contribution in [0.2, 0.25) is 0 Å². The molecule has 0 radical (unpaired) electrons. The Labute approximate surface area is 180 Å². The fourth-order valence-electron chi connectivity index (χ4n) is 2.86. The molecule has 0 aliphatic carbocycles. The average Bonchev–Trinajstić information content (AvgIpc) is 2.70. The van der Waals surface area contributed by atoms with E-state index in [1.807, 2.05) is 0 Å². The van der Waals surface area contributed by atoms with Crippen LogP contribution in [0.4, 0.5) is 48.3 Å². The minimum absolute atomic E-state index is 0.0104. The molecule has 0 saturated heterocycles. The number of alkyl halides is 10. The summed E-state index contributed by atoms with van der Waals surface area (Å²) in [5.74, 6) is -30.5. The fraction of sp³-hybridized carbons (Fsp3) is 0.714. The third kappa shape index (κ3) is 6.97. The van der Waals surface area contributed by atoms with Crippen molar-refractivity contribution >= 4 is 0 Å². The van der Waals surface area contributed by atoms with Gasteiger partial charge in [0.1, 0.15) is 0 Å². The van der Waals surface area contributed by atoms with Crippen LogP contribution in [-0.4, -0.2) is 30.1 Å². The van der Waals surface area contributed by atoms with E-state index < -0.39 is 54.4 Å². The van der Waals surface area contributed by atoms with Crippen molar-refractivity contribution in [1.29, 1.82) is 0 Å². The molecule has 0 aromatic heterocycles. The summed E-state index contributed by atoms with van der Waals surface area (Å²) in [5.41, 5.74) is -0.932. The van der Waals surface area contributed by atoms with Gasteiger partial charge in [0.25, 0.3) is 0 Å². The summed E-state index contributed by atoms with van der Waals surface area (Å²) in [4.78, 5) is 0. The Hall–Kier alpha value is -1.55. The molecule has 0 spiro atoms. The predicted molar refractivity (Wildman–Crippen MR) is 100 cm³/mol. The van der Waals surface area contributed by atoms with Crippen LogP contribution in [-0.2, 0) is 0 Å². The van der Waals surface area contributed by atoms with Gasteiger partial charge in [-0.15, -0.1) is 13.2 Å². The van der Waals surface area contributed by atoms with E-state index in [-0.39, 0.29) is 12.8 Å². The molecule has 0 aliphatic heterocycles. The Kier molecular flexibility index (Phi) is 12.0. The minimum atomic E-state index is -7.21. The number of allylic oxidation sites excluding steroid dienone is 4. The Morgan fingerprint density at radius 1 is 0.656 bits per heavy atom. The molecule has 32 heavy (non-hydrogen) atoms. The van der Waals surface area contributed by atoms with E-state index in [2.05, 4.69) is 13.2 Å². The topological polar surface area (TPSA) is 0 Å². The van der Waals surface area contributed by atoms with Crippen molar-refractivity contribution in [3.05, 3.63) is 36.7 Å². The Balaban J connectivity index is 5.90. The molecule has 0 aliphatic rings. The van der Waals surface area contributed by atoms with E-state index in [4.69, 9.17) is 0 Å². The first-order valence-electron chi connectivity index (χ1n) is 10.0. The number of rotatable bonds is 17. The van der Waals surface area contributed by atoms with Crippen molar-refractivity contribution in [3.8, 4) is 0 Å². The van der Waals surface area contributed by atoms with Crippen molar-refractivity contribution in [3.63, 3.8) is 0 Å². The van der Waals surface area contributed by atoms with Crippen molar-refractivity contribution in [2.45, 2.75) is 94.3 Å². The monoisotopic (exact) mass is 488 g/mol. The molecular formula is C21H27F11. The lowest BCUT2D eigenvalue weighted by Crippen LogP contribution is -2.64. The van der Waals surface area contributed by atoms with Gasteiger partial charge in [0.05, 0.1) is 0 Å². The predicted octanol–water partition coefficient (Wildman–Crippen LogP) is 9.29. The Morgan fingerprint density at radius 2 is 1.06 bits per heavy atom. The first-order chi connectivity index (χ1) is 14.6. The van der Waals surface area contributed by atoms with Crippen molar-refractivity contribution in [2.75, 3.05) is 0 Å². The van der Waals surface area contributed by atoms with Gasteiger partial charge in [-0.05, 0) is 56.9 Å². The third-order valence-electron chi connectivity index (χ3n) is 4.84. The van der Waals surface area contributed by atoms with E-state index in [0.717, 1.165) is 0 Å². The van der Waals surface area contributed by atoms with Crippen LogP contribution in [0.1, 0.15) is 64.2 Å². The molecule has 11 heteroatoms. The number of unbranched alkanes of at least 4 members (excludes halogenated alkanes) is 6. The minimum Gasteiger partial charge on any atom is -0.205 e. The van der Waals surface area contributed by atoms with Gasteiger partial charge < -0.3 is 0 Å². The first kappa shape index (κ1) is 30.4. The normalized spacial score (nSPS) is 14.5. The fourth-order valence-corrected chi connectivity index (χ4v) is 2.86. The lowest BCUT2D eigenvalue weighted by Gasteiger charge is -2.36. The number of hydrogen-bond donors (Lipinski definition) is 0. The van der Waals surface area contributed by atoms with Gasteiger partial charge in [0, 0.05) is 0 Å². The van der Waals surface area contributed by atoms with Crippen LogP contribution in [0.3, 0.4) is 0 Å². The van der Waals surface area contributed by atoms with Gasteiger partial charge in [-0.3, -0.25) is 0 Å². The molecular weight excluding hydrogens is 461 g/mol. The molecule has 0 N–H and O–H groups in total. The number of halogens is 11. The molecule has 0 aromatic carbocycles. The molecule has 0 fully saturated rings. The van der Waals surface area contributed by atoms with E-state index in [1.54, 1.807) is 6.08 Å². The summed E-state index contributed by atoms with van der Waals surface area (Å²) >= 11 is 0. The molecule has 0 rings (SSSR count). The van der Waals surface area contributed by atoms with E-state index in [9.17, 15) is 48.3 Å². The second-order valence-corrected chi connectivity index (χ2v) is 7.34. The SMILES string of the molecule is C=CCCCCCCC(CCCCC=C)=C(F)C(F)(F)C(F)(F)C(F)(F)C(F)(F)C(F)F. The van der Waals surface area contributed by atoms with Gasteiger partial charge in [0.15, 0.2) is 5.83 Å². The summed E-state index contributed by atoms with van der Waals surface area (Å²) in [5, 5.41) is 0.